The molecule has 0 aliphatic heterocycles. The van der Waals surface area contributed by atoms with Gasteiger partial charge in [-0.2, -0.15) is 5.10 Å². The third-order valence-corrected chi connectivity index (χ3v) is 4.19. The first-order valence-electron chi connectivity index (χ1n) is 10.0. The van der Waals surface area contributed by atoms with E-state index in [4.69, 9.17) is 5.11 Å². The Labute approximate surface area is 198 Å². The smallest absolute Gasteiger partial charge is 0.478 e. The summed E-state index contributed by atoms with van der Waals surface area (Å²) in [4.78, 5) is 36.2. The molecule has 184 valence electrons. The number of carbonyl (C=O) groups excluding carboxylic acids is 1. The van der Waals surface area contributed by atoms with E-state index >= 15 is 0 Å². The lowest BCUT2D eigenvalue weighted by molar-refractivity contribution is -0.274. The van der Waals surface area contributed by atoms with Crippen molar-refractivity contribution in [1.82, 2.24) is 14.7 Å². The van der Waals surface area contributed by atoms with Gasteiger partial charge in [0.15, 0.2) is 5.69 Å². The van der Waals surface area contributed by atoms with Crippen LogP contribution in [0.4, 0.5) is 13.2 Å². The van der Waals surface area contributed by atoms with Gasteiger partial charge < -0.3 is 14.7 Å². The number of carbonyl (C=O) groups is 2. The third-order valence-electron chi connectivity index (χ3n) is 4.19. The summed E-state index contributed by atoms with van der Waals surface area (Å²) >= 11 is 0. The van der Waals surface area contributed by atoms with Gasteiger partial charge in [-0.1, -0.05) is 24.3 Å². The standard InChI is InChI=1S/C17H16F3N3O3.C7H6O2/c1-11-10-23(12-5-4-6-13(9-12)26-17(18,19)20)21-15(16(11)25)14(24)7-8-22(2)3;8-7(9)6-4-2-1-3-5-6/h4-10H,1-3H3;1-5H,(H,8,9)/b8-7+;. The number of rotatable bonds is 6. The summed E-state index contributed by atoms with van der Waals surface area (Å²) in [5, 5.41) is 12.4. The maximum Gasteiger partial charge on any atom is 0.573 e. The van der Waals surface area contributed by atoms with Crippen LogP contribution < -0.4 is 10.2 Å². The van der Waals surface area contributed by atoms with Gasteiger partial charge in [-0.25, -0.2) is 9.48 Å². The Hall–Kier alpha value is -4.41. The van der Waals surface area contributed by atoms with Crippen molar-refractivity contribution in [2.45, 2.75) is 13.3 Å². The number of halogens is 3. The van der Waals surface area contributed by atoms with Gasteiger partial charge in [0.05, 0.1) is 11.3 Å². The maximum atomic E-state index is 12.4. The SMILES string of the molecule is Cc1cn(-c2cccc(OC(F)(F)F)c2)nc(C(=O)/C=C/N(C)C)c1=O.O=C(O)c1ccccc1. The minimum Gasteiger partial charge on any atom is -0.478 e. The summed E-state index contributed by atoms with van der Waals surface area (Å²) in [5.74, 6) is -1.92. The Morgan fingerprint density at radius 2 is 1.74 bits per heavy atom. The first-order valence-corrected chi connectivity index (χ1v) is 10.0. The minimum atomic E-state index is -4.83. The second-order valence-corrected chi connectivity index (χ2v) is 7.29. The first kappa shape index (κ1) is 26.8. The molecule has 0 spiro atoms. The Balaban J connectivity index is 0.000000402. The number of aryl methyl sites for hydroxylation is 1. The van der Waals surface area contributed by atoms with E-state index in [9.17, 15) is 27.6 Å². The van der Waals surface area contributed by atoms with Gasteiger partial charge in [-0.05, 0) is 31.2 Å². The lowest BCUT2D eigenvalue weighted by Crippen LogP contribution is -2.23. The highest BCUT2D eigenvalue weighted by atomic mass is 19.4. The van der Waals surface area contributed by atoms with Crippen LogP contribution in [0.5, 0.6) is 5.75 Å². The highest BCUT2D eigenvalue weighted by Crippen LogP contribution is 2.24. The van der Waals surface area contributed by atoms with Crippen LogP contribution >= 0.6 is 0 Å². The monoisotopic (exact) mass is 489 g/mol. The van der Waals surface area contributed by atoms with E-state index < -0.39 is 29.3 Å². The number of aromatic carboxylic acids is 1. The van der Waals surface area contributed by atoms with E-state index in [1.807, 2.05) is 0 Å². The summed E-state index contributed by atoms with van der Waals surface area (Å²) in [6.45, 7) is 1.49. The van der Waals surface area contributed by atoms with Crippen molar-refractivity contribution < 1.29 is 32.6 Å². The summed E-state index contributed by atoms with van der Waals surface area (Å²) in [5.41, 5.74) is -0.107. The molecule has 0 radical (unpaired) electrons. The normalized spacial score (nSPS) is 10.9. The molecule has 0 bridgehead atoms. The fourth-order valence-electron chi connectivity index (χ4n) is 2.60. The minimum absolute atomic E-state index is 0.209. The maximum absolute atomic E-state index is 12.4. The number of carboxylic acid groups (broad SMARTS) is 1. The average Bonchev–Trinajstić information content (AvgIpc) is 2.79. The Morgan fingerprint density at radius 3 is 2.29 bits per heavy atom. The van der Waals surface area contributed by atoms with Crippen LogP contribution in [-0.2, 0) is 0 Å². The summed E-state index contributed by atoms with van der Waals surface area (Å²) in [6.07, 6.45) is -0.838. The van der Waals surface area contributed by atoms with E-state index in [0.717, 1.165) is 16.8 Å². The predicted octanol–water partition coefficient (Wildman–Crippen LogP) is 4.08. The highest BCUT2D eigenvalue weighted by Gasteiger charge is 2.31. The molecule has 1 N–H and O–H groups in total. The average molecular weight is 489 g/mol. The van der Waals surface area contributed by atoms with Crippen LogP contribution in [0.15, 0.2) is 77.9 Å². The van der Waals surface area contributed by atoms with Crippen molar-refractivity contribution in [3.05, 3.63) is 100 Å². The van der Waals surface area contributed by atoms with Crippen LogP contribution in [0.25, 0.3) is 5.69 Å². The molecule has 0 aliphatic carbocycles. The molecule has 0 saturated carbocycles. The van der Waals surface area contributed by atoms with Gasteiger partial charge in [0, 0.05) is 44.2 Å². The molecule has 0 unspecified atom stereocenters. The zero-order valence-electron chi connectivity index (χ0n) is 19.0. The largest absolute Gasteiger partial charge is 0.573 e. The van der Waals surface area contributed by atoms with Crippen molar-refractivity contribution >= 4 is 11.8 Å². The van der Waals surface area contributed by atoms with Gasteiger partial charge in [0.2, 0.25) is 11.2 Å². The zero-order chi connectivity index (χ0) is 26.2. The molecular weight excluding hydrogens is 467 g/mol. The van der Waals surface area contributed by atoms with Gasteiger partial charge in [0.1, 0.15) is 5.75 Å². The van der Waals surface area contributed by atoms with Crippen LogP contribution in [0, 0.1) is 6.92 Å². The van der Waals surface area contributed by atoms with Crippen molar-refractivity contribution in [3.63, 3.8) is 0 Å². The predicted molar refractivity (Wildman–Crippen MR) is 122 cm³/mol. The number of hydrogen-bond acceptors (Lipinski definition) is 6. The zero-order valence-corrected chi connectivity index (χ0v) is 19.0. The summed E-state index contributed by atoms with van der Waals surface area (Å²) in [7, 11) is 3.41. The van der Waals surface area contributed by atoms with E-state index in [0.29, 0.717) is 5.56 Å². The second-order valence-electron chi connectivity index (χ2n) is 7.29. The van der Waals surface area contributed by atoms with E-state index in [1.165, 1.54) is 37.5 Å². The number of carboxylic acids is 1. The highest BCUT2D eigenvalue weighted by molar-refractivity contribution is 6.02. The Kier molecular flexibility index (Phi) is 8.92. The van der Waals surface area contributed by atoms with Crippen LogP contribution in [0.1, 0.15) is 26.4 Å². The molecule has 0 saturated heterocycles. The van der Waals surface area contributed by atoms with E-state index in [-0.39, 0.29) is 16.9 Å². The first-order chi connectivity index (χ1) is 16.4. The lowest BCUT2D eigenvalue weighted by atomic mass is 10.2. The molecule has 11 heteroatoms. The van der Waals surface area contributed by atoms with E-state index in [1.54, 1.807) is 49.3 Å². The molecule has 0 atom stereocenters. The molecule has 1 aromatic heterocycles. The molecule has 8 nitrogen and oxygen atoms in total. The number of nitrogens with zero attached hydrogens (tertiary/aromatic N) is 3. The second kappa shape index (κ2) is 11.6. The molecule has 35 heavy (non-hydrogen) atoms. The fourth-order valence-corrected chi connectivity index (χ4v) is 2.60. The number of ketones is 1. The van der Waals surface area contributed by atoms with Gasteiger partial charge in [-0.3, -0.25) is 9.59 Å². The molecule has 2 aromatic carbocycles. The molecule has 1 heterocycles. The molecule has 0 aliphatic rings. The Morgan fingerprint density at radius 1 is 1.09 bits per heavy atom. The van der Waals surface area contributed by atoms with Gasteiger partial charge in [-0.15, -0.1) is 13.2 Å². The molecule has 0 fully saturated rings. The van der Waals surface area contributed by atoms with Gasteiger partial charge >= 0.3 is 12.3 Å². The van der Waals surface area contributed by atoms with Crippen molar-refractivity contribution in [2.24, 2.45) is 0 Å². The number of allylic oxidation sites excluding steroid dienone is 1. The third kappa shape index (κ3) is 8.46. The van der Waals surface area contributed by atoms with E-state index in [2.05, 4.69) is 9.84 Å². The van der Waals surface area contributed by atoms with Crippen molar-refractivity contribution in [3.8, 4) is 11.4 Å². The topological polar surface area (TPSA) is 102 Å². The molecule has 3 rings (SSSR count). The summed E-state index contributed by atoms with van der Waals surface area (Å²) < 4.78 is 42.1. The number of ether oxygens (including phenoxy) is 1. The Bertz CT molecular complexity index is 1270. The molecule has 3 aromatic rings. The number of aromatic nitrogens is 2. The van der Waals surface area contributed by atoms with Crippen LogP contribution in [0.3, 0.4) is 0 Å². The number of hydrogen-bond donors (Lipinski definition) is 1. The fraction of sp³-hybridized carbons (Fsp3) is 0.167. The van der Waals surface area contributed by atoms with Crippen molar-refractivity contribution in [1.29, 1.82) is 0 Å². The lowest BCUT2D eigenvalue weighted by Gasteiger charge is -2.12. The van der Waals surface area contributed by atoms with Crippen molar-refractivity contribution in [2.75, 3.05) is 14.1 Å². The summed E-state index contributed by atoms with van der Waals surface area (Å²) in [6, 6.07) is 13.4. The quantitative estimate of drug-likeness (QED) is 0.411. The molecule has 0 amide bonds. The molecular formula is C24H22F3N3O5. The van der Waals surface area contributed by atoms with Gasteiger partial charge in [0.25, 0.3) is 0 Å². The van der Waals surface area contributed by atoms with Crippen LogP contribution in [0.2, 0.25) is 0 Å². The number of benzene rings is 2. The number of alkyl halides is 3. The van der Waals surface area contributed by atoms with Crippen LogP contribution in [-0.4, -0.2) is 52.0 Å².